The molecule has 12 nitrogen and oxygen atoms in total. The molecule has 1 aromatic carbocycles. The molecule has 0 aromatic heterocycles. The van der Waals surface area contributed by atoms with Crippen LogP contribution in [0.4, 0.5) is 0 Å². The molecule has 13 heteroatoms. The predicted octanol–water partition coefficient (Wildman–Crippen LogP) is 0.767. The molecule has 0 spiro atoms. The minimum atomic E-state index is -1.35. The van der Waals surface area contributed by atoms with Crippen molar-refractivity contribution in [2.45, 2.75) is 69.0 Å². The molecule has 1 amide bonds. The van der Waals surface area contributed by atoms with E-state index < -0.39 is 66.7 Å². The highest BCUT2D eigenvalue weighted by Gasteiger charge is 2.27. The number of esters is 1. The third kappa shape index (κ3) is 10.6. The van der Waals surface area contributed by atoms with Crippen molar-refractivity contribution in [3.8, 4) is 11.5 Å². The molecular formula is C27H38N2O10S. The first-order valence-electron chi connectivity index (χ1n) is 12.8. The second-order valence-electron chi connectivity index (χ2n) is 9.42. The van der Waals surface area contributed by atoms with Gasteiger partial charge in [0.25, 0.3) is 0 Å². The van der Waals surface area contributed by atoms with E-state index in [4.69, 9.17) is 14.9 Å². The van der Waals surface area contributed by atoms with Crippen molar-refractivity contribution >= 4 is 29.4 Å². The maximum absolute atomic E-state index is 12.7. The van der Waals surface area contributed by atoms with E-state index in [9.17, 15) is 40.2 Å². The summed E-state index contributed by atoms with van der Waals surface area (Å²) in [5, 5.41) is 69.7. The lowest BCUT2D eigenvalue weighted by Crippen LogP contribution is -2.40. The number of hydrogen-bond donors (Lipinski definition) is 8. The topological polar surface area (TPSA) is 210 Å². The Balaban J connectivity index is 2.13. The van der Waals surface area contributed by atoms with Crippen molar-refractivity contribution in [2.75, 3.05) is 19.0 Å². The van der Waals surface area contributed by atoms with Crippen molar-refractivity contribution in [2.24, 2.45) is 0 Å². The van der Waals surface area contributed by atoms with E-state index >= 15 is 0 Å². The van der Waals surface area contributed by atoms with Crippen LogP contribution in [0.25, 0.3) is 0 Å². The number of phenolic OH excluding ortho intramolecular Hbond substituents is 2. The zero-order valence-corrected chi connectivity index (χ0v) is 23.2. The number of aromatic hydroxyl groups is 2. The maximum Gasteiger partial charge on any atom is 0.342 e. The second-order valence-corrected chi connectivity index (χ2v) is 10.5. The number of ether oxygens (including phenoxy) is 2. The Morgan fingerprint density at radius 2 is 1.93 bits per heavy atom. The van der Waals surface area contributed by atoms with E-state index in [1.807, 2.05) is 0 Å². The number of benzene rings is 1. The van der Waals surface area contributed by atoms with Gasteiger partial charge < -0.3 is 50.8 Å². The number of carbonyl (C=O) groups excluding carboxylic acids is 2. The molecule has 1 aliphatic heterocycles. The van der Waals surface area contributed by atoms with Crippen molar-refractivity contribution in [1.82, 2.24) is 5.32 Å². The van der Waals surface area contributed by atoms with Crippen LogP contribution in [0.2, 0.25) is 0 Å². The molecule has 0 fully saturated rings. The first-order chi connectivity index (χ1) is 18.9. The van der Waals surface area contributed by atoms with Gasteiger partial charge in [0.2, 0.25) is 5.91 Å². The summed E-state index contributed by atoms with van der Waals surface area (Å²) in [5.74, 6) is -2.06. The summed E-state index contributed by atoms with van der Waals surface area (Å²) in [7, 11) is 0. The Morgan fingerprint density at radius 3 is 2.58 bits per heavy atom. The number of amides is 1. The molecule has 1 aliphatic rings. The van der Waals surface area contributed by atoms with Gasteiger partial charge in [0, 0.05) is 24.6 Å². The molecule has 0 saturated heterocycles. The summed E-state index contributed by atoms with van der Waals surface area (Å²) >= 11 is 0.896. The van der Waals surface area contributed by atoms with Crippen LogP contribution in [0.5, 0.6) is 11.5 Å². The lowest BCUT2D eigenvalue weighted by Gasteiger charge is -2.27. The fourth-order valence-corrected chi connectivity index (χ4v) is 4.72. The van der Waals surface area contributed by atoms with Gasteiger partial charge in [-0.15, -0.1) is 11.8 Å². The monoisotopic (exact) mass is 582 g/mol. The Morgan fingerprint density at radius 1 is 1.20 bits per heavy atom. The number of allylic oxidation sites excluding steroid dienone is 1. The van der Waals surface area contributed by atoms with Gasteiger partial charge in [-0.05, 0) is 38.0 Å². The number of thioether (sulfide) groups is 1. The molecule has 1 aromatic rings. The fourth-order valence-electron chi connectivity index (χ4n) is 3.79. The lowest BCUT2D eigenvalue weighted by molar-refractivity contribution is -0.119. The minimum Gasteiger partial charge on any atom is -0.508 e. The van der Waals surface area contributed by atoms with Crippen LogP contribution in [0, 0.1) is 5.41 Å². The summed E-state index contributed by atoms with van der Waals surface area (Å²) in [5.41, 5.74) is -0.874. The average molecular weight is 583 g/mol. The van der Waals surface area contributed by atoms with Crippen LogP contribution >= 0.6 is 11.8 Å². The summed E-state index contributed by atoms with van der Waals surface area (Å²) in [6.45, 7) is 1.90. The summed E-state index contributed by atoms with van der Waals surface area (Å²) in [6.07, 6.45) is 3.20. The molecule has 0 radical (unpaired) electrons. The largest absolute Gasteiger partial charge is 0.508 e. The highest BCUT2D eigenvalue weighted by molar-refractivity contribution is 8.00. The number of aliphatic hydroxyl groups excluding tert-OH is 4. The number of cyclic esters (lactones) is 1. The van der Waals surface area contributed by atoms with Gasteiger partial charge >= 0.3 is 5.97 Å². The van der Waals surface area contributed by atoms with Crippen LogP contribution in [-0.2, 0) is 20.7 Å². The number of rotatable bonds is 10. The molecular weight excluding hydrogens is 544 g/mol. The van der Waals surface area contributed by atoms with Crippen molar-refractivity contribution in [3.05, 3.63) is 47.6 Å². The normalized spacial score (nSPS) is 23.1. The van der Waals surface area contributed by atoms with Crippen LogP contribution in [0.15, 0.2) is 36.4 Å². The molecule has 8 N–H and O–H groups in total. The van der Waals surface area contributed by atoms with Crippen LogP contribution in [0.1, 0.15) is 42.6 Å². The molecule has 0 bridgehead atoms. The molecule has 40 heavy (non-hydrogen) atoms. The van der Waals surface area contributed by atoms with Crippen molar-refractivity contribution < 1.29 is 49.7 Å². The summed E-state index contributed by atoms with van der Waals surface area (Å²) < 4.78 is 10.9. The highest BCUT2D eigenvalue weighted by Crippen LogP contribution is 2.29. The summed E-state index contributed by atoms with van der Waals surface area (Å²) in [4.78, 5) is 25.5. The first kappa shape index (κ1) is 33.3. The number of aliphatic hydroxyl groups is 4. The van der Waals surface area contributed by atoms with E-state index in [1.54, 1.807) is 25.2 Å². The second kappa shape index (κ2) is 16.4. The van der Waals surface area contributed by atoms with Gasteiger partial charge in [0.1, 0.15) is 40.8 Å². The molecule has 1 heterocycles. The third-order valence-electron chi connectivity index (χ3n) is 5.88. The molecule has 6 atom stereocenters. The first-order valence-corrected chi connectivity index (χ1v) is 13.8. The molecule has 0 aliphatic carbocycles. The van der Waals surface area contributed by atoms with Crippen LogP contribution in [-0.4, -0.2) is 103 Å². The van der Waals surface area contributed by atoms with E-state index in [-0.39, 0.29) is 34.8 Å². The van der Waals surface area contributed by atoms with Crippen molar-refractivity contribution in [1.29, 1.82) is 5.41 Å². The Labute approximate surface area is 236 Å². The zero-order valence-electron chi connectivity index (χ0n) is 22.4. The van der Waals surface area contributed by atoms with E-state index in [0.717, 1.165) is 17.8 Å². The smallest absolute Gasteiger partial charge is 0.342 e. The van der Waals surface area contributed by atoms with E-state index in [1.165, 1.54) is 19.1 Å². The molecule has 1 unspecified atom stereocenters. The van der Waals surface area contributed by atoms with E-state index in [2.05, 4.69) is 5.32 Å². The summed E-state index contributed by atoms with van der Waals surface area (Å²) in [6, 6.07) is 1.84. The predicted molar refractivity (Wildman–Crippen MR) is 149 cm³/mol. The lowest BCUT2D eigenvalue weighted by atomic mass is 9.99. The zero-order chi connectivity index (χ0) is 29.8. The number of hydrogen-bond acceptors (Lipinski definition) is 12. The fraction of sp³-hybridized carbons (Fsp3) is 0.519. The molecule has 2 rings (SSSR count). The molecule has 0 saturated carbocycles. The van der Waals surface area contributed by atoms with Crippen LogP contribution in [0.3, 0.4) is 0 Å². The Hall–Kier alpha value is -2.94. The third-order valence-corrected chi connectivity index (χ3v) is 7.06. The standard InChI is InChI=1S/C27H38N2O10S/c1-15-5-3-7-19(29-24(36)14-40-27(22(35)12-30)39-23(13-31)16(2)32)8-4-6-18(28)9-17-10-20(33)11-21(34)25(17)26(37)38-15/h3-4,6-7,10-11,15-16,19,22-23,27-28,30-35H,5,8-9,12-14H2,1-2H3,(H,29,36)/b6-4+,7-3+,28-18?/t15-,16-,19+,22-,23?,27-/m1/s1. The average Bonchev–Trinajstić information content (AvgIpc) is 2.87. The molecule has 222 valence electrons. The number of nitrogens with one attached hydrogen (secondary N) is 2. The quantitative estimate of drug-likeness (QED) is 0.110. The maximum atomic E-state index is 12.7. The van der Waals surface area contributed by atoms with Crippen molar-refractivity contribution in [3.63, 3.8) is 0 Å². The minimum absolute atomic E-state index is 0.0589. The van der Waals surface area contributed by atoms with Gasteiger partial charge in [-0.3, -0.25) is 4.79 Å². The van der Waals surface area contributed by atoms with Crippen LogP contribution < -0.4 is 5.32 Å². The Bertz CT molecular complexity index is 1080. The number of carbonyl (C=O) groups is 2. The van der Waals surface area contributed by atoms with Gasteiger partial charge in [-0.1, -0.05) is 18.2 Å². The van der Waals surface area contributed by atoms with Gasteiger partial charge in [-0.25, -0.2) is 4.79 Å². The SMILES string of the molecule is C[C@@H]1C/C=C/[C@H](NC(=O)CS[C@@H](OC(CO)[C@@H](C)O)[C@H](O)CO)C/C=C/C(=N)Cc2cc(O)cc(O)c2C(=O)O1. The number of phenols is 2. The van der Waals surface area contributed by atoms with Gasteiger partial charge in [0.05, 0.1) is 31.1 Å². The van der Waals surface area contributed by atoms with Gasteiger partial charge in [-0.2, -0.15) is 0 Å². The Kier molecular flexibility index (Phi) is 13.6. The number of fused-ring (bicyclic) bond motifs is 1. The van der Waals surface area contributed by atoms with E-state index in [0.29, 0.717) is 12.8 Å². The highest BCUT2D eigenvalue weighted by atomic mass is 32.2. The van der Waals surface area contributed by atoms with Gasteiger partial charge in [0.15, 0.2) is 0 Å².